The van der Waals surface area contributed by atoms with Crippen LogP contribution in [0.15, 0.2) is 36.5 Å². The van der Waals surface area contributed by atoms with Crippen LogP contribution in [0.5, 0.6) is 0 Å². The molecular weight excluding hydrogens is 369 g/mol. The van der Waals surface area contributed by atoms with Crippen LogP contribution in [0, 0.1) is 5.82 Å². The van der Waals surface area contributed by atoms with Crippen molar-refractivity contribution in [1.82, 2.24) is 19.9 Å². The fraction of sp³-hybridized carbons (Fsp3) is 0.409. The van der Waals surface area contributed by atoms with Crippen molar-refractivity contribution in [3.8, 4) is 11.4 Å². The van der Waals surface area contributed by atoms with Gasteiger partial charge < -0.3 is 14.8 Å². The first-order valence-corrected chi connectivity index (χ1v) is 10.3. The van der Waals surface area contributed by atoms with Crippen molar-refractivity contribution in [3.05, 3.63) is 42.3 Å². The summed E-state index contributed by atoms with van der Waals surface area (Å²) in [6, 6.07) is 9.15. The Labute approximate surface area is 168 Å². The number of aromatic nitrogens is 3. The van der Waals surface area contributed by atoms with E-state index in [0.29, 0.717) is 11.4 Å². The van der Waals surface area contributed by atoms with Crippen LogP contribution < -0.4 is 10.2 Å². The second-order valence-corrected chi connectivity index (χ2v) is 7.96. The molecule has 2 fully saturated rings. The van der Waals surface area contributed by atoms with E-state index in [0.717, 1.165) is 62.0 Å². The average Bonchev–Trinajstić information content (AvgIpc) is 3.06. The van der Waals surface area contributed by atoms with Gasteiger partial charge in [0.1, 0.15) is 23.0 Å². The molecule has 2 unspecified atom stereocenters. The number of amides is 1. The van der Waals surface area contributed by atoms with Crippen LogP contribution in [0.3, 0.4) is 0 Å². The summed E-state index contributed by atoms with van der Waals surface area (Å²) in [7, 11) is 0. The predicted octanol–water partition coefficient (Wildman–Crippen LogP) is 3.68. The number of anilines is 1. The van der Waals surface area contributed by atoms with Crippen LogP contribution in [0.25, 0.3) is 22.4 Å². The van der Waals surface area contributed by atoms with Crippen molar-refractivity contribution in [1.29, 1.82) is 0 Å². The van der Waals surface area contributed by atoms with E-state index in [1.54, 1.807) is 18.3 Å². The lowest BCUT2D eigenvalue weighted by atomic mass is 9.90. The van der Waals surface area contributed by atoms with Crippen LogP contribution in [0.4, 0.5) is 10.2 Å². The molecule has 1 N–H and O–H groups in total. The van der Waals surface area contributed by atoms with Crippen molar-refractivity contribution >= 4 is 23.3 Å². The van der Waals surface area contributed by atoms with E-state index in [4.69, 9.17) is 4.98 Å². The van der Waals surface area contributed by atoms with E-state index < -0.39 is 0 Å². The summed E-state index contributed by atoms with van der Waals surface area (Å²) in [4.78, 5) is 22.6. The number of hydrogen-bond acceptors (Lipinski definition) is 4. The number of rotatable bonds is 5. The Morgan fingerprint density at radius 1 is 1.17 bits per heavy atom. The van der Waals surface area contributed by atoms with Gasteiger partial charge in [-0.1, -0.05) is 12.1 Å². The molecule has 29 heavy (non-hydrogen) atoms. The topological polar surface area (TPSA) is 63.1 Å². The van der Waals surface area contributed by atoms with E-state index >= 15 is 0 Å². The van der Waals surface area contributed by atoms with Gasteiger partial charge in [0, 0.05) is 31.2 Å². The van der Waals surface area contributed by atoms with Gasteiger partial charge in [-0.05, 0) is 44.2 Å². The van der Waals surface area contributed by atoms with Gasteiger partial charge in [-0.2, -0.15) is 0 Å². The number of imidazole rings is 1. The number of nitrogens with one attached hydrogen (secondary N) is 1. The lowest BCUT2D eigenvalue weighted by molar-refractivity contribution is -0.110. The first kappa shape index (κ1) is 18.1. The molecule has 2 aromatic heterocycles. The summed E-state index contributed by atoms with van der Waals surface area (Å²) in [5, 5.41) is 2.93. The molecule has 1 saturated heterocycles. The molecular formula is C22H24FN5O. The smallest absolute Gasteiger partial charge is 0.207 e. The highest BCUT2D eigenvalue weighted by Crippen LogP contribution is 2.37. The minimum Gasteiger partial charge on any atom is -0.356 e. The van der Waals surface area contributed by atoms with E-state index in [2.05, 4.69) is 25.8 Å². The minimum absolute atomic E-state index is 0.133. The number of hydrogen-bond donors (Lipinski definition) is 1. The molecule has 1 saturated carbocycles. The standard InChI is InChI=1S/C22H24FN5O/c23-18-8-2-1-7-17(18)22-26-19-13-24-21(27-9-4-10-27)12-20(19)28(22)16-6-3-5-15(11-16)25-14-29/h1-2,7-8,12-16H,3-6,9-11H2,(H,25,29). The molecule has 0 radical (unpaired) electrons. The molecule has 1 amide bonds. The Morgan fingerprint density at radius 2 is 2.03 bits per heavy atom. The summed E-state index contributed by atoms with van der Waals surface area (Å²) in [5.41, 5.74) is 2.26. The van der Waals surface area contributed by atoms with Crippen molar-refractivity contribution in [3.63, 3.8) is 0 Å². The Kier molecular flexibility index (Phi) is 4.66. The van der Waals surface area contributed by atoms with Crippen LogP contribution in [-0.4, -0.2) is 40.1 Å². The van der Waals surface area contributed by atoms with Gasteiger partial charge in [0.25, 0.3) is 0 Å². The number of fused-ring (bicyclic) bond motifs is 1. The Morgan fingerprint density at radius 3 is 2.79 bits per heavy atom. The highest BCUT2D eigenvalue weighted by atomic mass is 19.1. The van der Waals surface area contributed by atoms with Crippen LogP contribution >= 0.6 is 0 Å². The summed E-state index contributed by atoms with van der Waals surface area (Å²) in [5.74, 6) is 1.30. The third kappa shape index (κ3) is 3.24. The molecule has 150 valence electrons. The number of nitrogens with zero attached hydrogens (tertiary/aromatic N) is 4. The predicted molar refractivity (Wildman–Crippen MR) is 110 cm³/mol. The van der Waals surface area contributed by atoms with Gasteiger partial charge in [0.15, 0.2) is 0 Å². The van der Waals surface area contributed by atoms with Gasteiger partial charge in [-0.25, -0.2) is 14.4 Å². The summed E-state index contributed by atoms with van der Waals surface area (Å²) in [6.07, 6.45) is 7.53. The third-order valence-electron chi connectivity index (χ3n) is 6.17. The van der Waals surface area contributed by atoms with Crippen molar-refractivity contribution < 1.29 is 9.18 Å². The maximum absolute atomic E-state index is 14.7. The maximum atomic E-state index is 14.7. The summed E-state index contributed by atoms with van der Waals surface area (Å²) >= 11 is 0. The lowest BCUT2D eigenvalue weighted by Crippen LogP contribution is -2.37. The minimum atomic E-state index is -0.279. The molecule has 0 bridgehead atoms. The first-order valence-electron chi connectivity index (χ1n) is 10.3. The number of carbonyl (C=O) groups is 1. The molecule has 2 aliphatic rings. The van der Waals surface area contributed by atoms with E-state index in [1.165, 1.54) is 12.5 Å². The van der Waals surface area contributed by atoms with E-state index in [1.807, 2.05) is 6.07 Å². The van der Waals surface area contributed by atoms with Crippen molar-refractivity contribution in [2.24, 2.45) is 0 Å². The highest BCUT2D eigenvalue weighted by molar-refractivity contribution is 5.82. The van der Waals surface area contributed by atoms with Gasteiger partial charge >= 0.3 is 0 Å². The van der Waals surface area contributed by atoms with Crippen LogP contribution in [-0.2, 0) is 4.79 Å². The summed E-state index contributed by atoms with van der Waals surface area (Å²) < 4.78 is 16.9. The SMILES string of the molecule is O=CNC1CCCC(n2c(-c3ccccc3F)nc3cnc(N4CCC4)cc32)C1. The largest absolute Gasteiger partial charge is 0.356 e. The number of pyridine rings is 1. The van der Waals surface area contributed by atoms with Crippen LogP contribution in [0.1, 0.15) is 38.1 Å². The van der Waals surface area contributed by atoms with Gasteiger partial charge in [-0.15, -0.1) is 0 Å². The zero-order valence-electron chi connectivity index (χ0n) is 16.2. The van der Waals surface area contributed by atoms with Gasteiger partial charge in [-0.3, -0.25) is 4.79 Å². The monoisotopic (exact) mass is 393 g/mol. The van der Waals surface area contributed by atoms with E-state index in [-0.39, 0.29) is 17.9 Å². The average molecular weight is 393 g/mol. The molecule has 1 aromatic carbocycles. The molecule has 3 heterocycles. The Hall–Kier alpha value is -2.96. The first-order chi connectivity index (χ1) is 14.2. The molecule has 1 aliphatic carbocycles. The number of halogens is 1. The molecule has 3 aromatic rings. The van der Waals surface area contributed by atoms with E-state index in [9.17, 15) is 9.18 Å². The Bertz CT molecular complexity index is 1040. The fourth-order valence-electron chi connectivity index (χ4n) is 4.55. The molecule has 7 heteroatoms. The van der Waals surface area contributed by atoms with Crippen molar-refractivity contribution in [2.75, 3.05) is 18.0 Å². The molecule has 1 aliphatic heterocycles. The van der Waals surface area contributed by atoms with Gasteiger partial charge in [0.2, 0.25) is 6.41 Å². The molecule has 0 spiro atoms. The lowest BCUT2D eigenvalue weighted by Gasteiger charge is -2.33. The fourth-order valence-corrected chi connectivity index (χ4v) is 4.55. The second-order valence-electron chi connectivity index (χ2n) is 7.96. The second kappa shape index (κ2) is 7.46. The van der Waals surface area contributed by atoms with Crippen LogP contribution in [0.2, 0.25) is 0 Å². The van der Waals surface area contributed by atoms with Crippen molar-refractivity contribution in [2.45, 2.75) is 44.2 Å². The normalized spacial score (nSPS) is 21.8. The maximum Gasteiger partial charge on any atom is 0.207 e. The zero-order valence-corrected chi connectivity index (χ0v) is 16.2. The summed E-state index contributed by atoms with van der Waals surface area (Å²) in [6.45, 7) is 2.03. The molecule has 5 rings (SSSR count). The number of benzene rings is 1. The quantitative estimate of drug-likeness (QED) is 0.672. The van der Waals surface area contributed by atoms with Gasteiger partial charge in [0.05, 0.1) is 17.3 Å². The molecule has 6 nitrogen and oxygen atoms in total. The number of carbonyl (C=O) groups excluding carboxylic acids is 1. The zero-order chi connectivity index (χ0) is 19.8. The third-order valence-corrected chi connectivity index (χ3v) is 6.17. The molecule has 2 atom stereocenters. The highest BCUT2D eigenvalue weighted by Gasteiger charge is 2.28. The Balaban J connectivity index is 1.66.